The molecule has 2 rings (SSSR count). The van der Waals surface area contributed by atoms with Crippen LogP contribution in [0.25, 0.3) is 11.3 Å². The van der Waals surface area contributed by atoms with E-state index < -0.39 is 0 Å². The van der Waals surface area contributed by atoms with E-state index >= 15 is 0 Å². The molecule has 1 N–H and O–H groups in total. The smallest absolute Gasteiger partial charge is 0.322 e. The Morgan fingerprint density at radius 1 is 1.40 bits per heavy atom. The molecule has 0 aliphatic carbocycles. The molecular weight excluding hydrogens is 277 g/mol. The molecule has 0 saturated heterocycles. The average molecular weight is 293 g/mol. The molecule has 4 nitrogen and oxygen atoms in total. The largest absolute Gasteiger partial charge is 0.328 e. The Morgan fingerprint density at radius 3 is 2.75 bits per heavy atom. The molecule has 0 unspecified atom stereocenters. The SMILES string of the molecule is CCCN(C)C(=O)Nc1cc(-c2ccc(F)cc2)ns1. The molecule has 0 aliphatic rings. The van der Waals surface area contributed by atoms with Crippen molar-refractivity contribution in [2.75, 3.05) is 18.9 Å². The van der Waals surface area contributed by atoms with Crippen molar-refractivity contribution < 1.29 is 9.18 Å². The van der Waals surface area contributed by atoms with Crippen molar-refractivity contribution >= 4 is 22.6 Å². The van der Waals surface area contributed by atoms with Gasteiger partial charge in [0.05, 0.1) is 5.69 Å². The third-order valence-electron chi connectivity index (χ3n) is 2.79. The monoisotopic (exact) mass is 293 g/mol. The van der Waals surface area contributed by atoms with Crippen LogP contribution in [0.3, 0.4) is 0 Å². The van der Waals surface area contributed by atoms with E-state index in [1.54, 1.807) is 30.1 Å². The predicted molar refractivity (Wildman–Crippen MR) is 79.4 cm³/mol. The summed E-state index contributed by atoms with van der Waals surface area (Å²) < 4.78 is 17.1. The molecule has 0 atom stereocenters. The van der Waals surface area contributed by atoms with Crippen molar-refractivity contribution in [3.05, 3.63) is 36.1 Å². The van der Waals surface area contributed by atoms with E-state index in [2.05, 4.69) is 9.69 Å². The van der Waals surface area contributed by atoms with Gasteiger partial charge in [-0.2, -0.15) is 4.37 Å². The summed E-state index contributed by atoms with van der Waals surface area (Å²) in [5, 5.41) is 3.47. The lowest BCUT2D eigenvalue weighted by Gasteiger charge is -2.15. The van der Waals surface area contributed by atoms with Gasteiger partial charge < -0.3 is 4.90 Å². The van der Waals surface area contributed by atoms with Crippen molar-refractivity contribution in [1.82, 2.24) is 9.27 Å². The van der Waals surface area contributed by atoms with E-state index in [9.17, 15) is 9.18 Å². The van der Waals surface area contributed by atoms with E-state index in [-0.39, 0.29) is 11.8 Å². The number of nitrogens with one attached hydrogen (secondary N) is 1. The highest BCUT2D eigenvalue weighted by atomic mass is 32.1. The van der Waals surface area contributed by atoms with Gasteiger partial charge in [-0.25, -0.2) is 9.18 Å². The van der Waals surface area contributed by atoms with Crippen LogP contribution in [-0.4, -0.2) is 28.9 Å². The first-order valence-corrected chi connectivity index (χ1v) is 7.12. The number of anilines is 1. The molecule has 106 valence electrons. The Kier molecular flexibility index (Phi) is 4.68. The predicted octanol–water partition coefficient (Wildman–Crippen LogP) is 3.82. The third-order valence-corrected chi connectivity index (χ3v) is 3.49. The standard InChI is InChI=1S/C14H16FN3OS/c1-3-8-18(2)14(19)16-13-9-12(17-20-13)10-4-6-11(15)7-5-10/h4-7,9H,3,8H2,1-2H3,(H,16,19). The van der Waals surface area contributed by atoms with Crippen LogP contribution >= 0.6 is 11.5 Å². The van der Waals surface area contributed by atoms with Crippen molar-refractivity contribution in [1.29, 1.82) is 0 Å². The lowest BCUT2D eigenvalue weighted by Crippen LogP contribution is -2.31. The van der Waals surface area contributed by atoms with Crippen molar-refractivity contribution in [2.24, 2.45) is 0 Å². The highest BCUT2D eigenvalue weighted by Gasteiger charge is 2.10. The van der Waals surface area contributed by atoms with Crippen LogP contribution in [0.15, 0.2) is 30.3 Å². The number of hydrogen-bond donors (Lipinski definition) is 1. The number of carbonyl (C=O) groups excluding carboxylic acids is 1. The van der Waals surface area contributed by atoms with E-state index in [4.69, 9.17) is 0 Å². The van der Waals surface area contributed by atoms with Gasteiger partial charge in [-0.3, -0.25) is 5.32 Å². The molecule has 0 bridgehead atoms. The zero-order chi connectivity index (χ0) is 14.5. The fraction of sp³-hybridized carbons (Fsp3) is 0.286. The molecule has 0 saturated carbocycles. The number of amides is 2. The van der Waals surface area contributed by atoms with Gasteiger partial charge in [-0.05, 0) is 42.2 Å². The van der Waals surface area contributed by atoms with Gasteiger partial charge >= 0.3 is 6.03 Å². The lowest BCUT2D eigenvalue weighted by molar-refractivity contribution is 0.222. The van der Waals surface area contributed by atoms with Gasteiger partial charge in [0.15, 0.2) is 0 Å². The van der Waals surface area contributed by atoms with Gasteiger partial charge in [-0.1, -0.05) is 6.92 Å². The molecule has 1 aromatic heterocycles. The topological polar surface area (TPSA) is 45.2 Å². The number of nitrogens with zero attached hydrogens (tertiary/aromatic N) is 2. The van der Waals surface area contributed by atoms with Crippen LogP contribution in [0.2, 0.25) is 0 Å². The van der Waals surface area contributed by atoms with Crippen molar-refractivity contribution in [3.63, 3.8) is 0 Å². The minimum atomic E-state index is -0.279. The van der Waals surface area contributed by atoms with Crippen LogP contribution in [0, 0.1) is 5.82 Å². The minimum Gasteiger partial charge on any atom is -0.328 e. The summed E-state index contributed by atoms with van der Waals surface area (Å²) in [6.45, 7) is 2.72. The molecule has 1 heterocycles. The number of hydrogen-bond acceptors (Lipinski definition) is 3. The van der Waals surface area contributed by atoms with E-state index in [0.29, 0.717) is 11.5 Å². The van der Waals surface area contributed by atoms with Gasteiger partial charge in [0.25, 0.3) is 0 Å². The molecule has 20 heavy (non-hydrogen) atoms. The van der Waals surface area contributed by atoms with E-state index in [1.807, 2.05) is 6.92 Å². The second-order valence-corrected chi connectivity index (χ2v) is 5.24. The lowest BCUT2D eigenvalue weighted by atomic mass is 10.1. The first-order valence-electron chi connectivity index (χ1n) is 6.35. The van der Waals surface area contributed by atoms with Crippen LogP contribution in [0.5, 0.6) is 0 Å². The second kappa shape index (κ2) is 6.47. The Morgan fingerprint density at radius 2 is 2.10 bits per heavy atom. The quantitative estimate of drug-likeness (QED) is 0.931. The molecular formula is C14H16FN3OS. The maximum absolute atomic E-state index is 12.9. The average Bonchev–Trinajstić information content (AvgIpc) is 2.88. The van der Waals surface area contributed by atoms with Crippen LogP contribution in [0.1, 0.15) is 13.3 Å². The zero-order valence-corrected chi connectivity index (χ0v) is 12.2. The number of carbonyl (C=O) groups is 1. The molecule has 6 heteroatoms. The molecule has 0 fully saturated rings. The van der Waals surface area contributed by atoms with Gasteiger partial charge in [0.1, 0.15) is 10.8 Å². The molecule has 2 amide bonds. The number of halogens is 1. The molecule has 0 radical (unpaired) electrons. The maximum Gasteiger partial charge on any atom is 0.322 e. The van der Waals surface area contributed by atoms with Crippen LogP contribution < -0.4 is 5.32 Å². The number of aromatic nitrogens is 1. The summed E-state index contributed by atoms with van der Waals surface area (Å²) in [4.78, 5) is 13.5. The Hall–Kier alpha value is -1.95. The summed E-state index contributed by atoms with van der Waals surface area (Å²) in [5.41, 5.74) is 1.55. The van der Waals surface area contributed by atoms with E-state index in [0.717, 1.165) is 17.7 Å². The Bertz CT molecular complexity index is 582. The van der Waals surface area contributed by atoms with Crippen molar-refractivity contribution in [3.8, 4) is 11.3 Å². The normalized spacial score (nSPS) is 10.3. The first kappa shape index (κ1) is 14.5. The van der Waals surface area contributed by atoms with Gasteiger partial charge in [0.2, 0.25) is 0 Å². The Labute approximate surface area is 121 Å². The molecule has 2 aromatic rings. The zero-order valence-electron chi connectivity index (χ0n) is 11.4. The van der Waals surface area contributed by atoms with Gasteiger partial charge in [-0.15, -0.1) is 0 Å². The third kappa shape index (κ3) is 3.54. The van der Waals surface area contributed by atoms with E-state index in [1.165, 1.54) is 23.7 Å². The number of benzene rings is 1. The summed E-state index contributed by atoms with van der Waals surface area (Å²) in [7, 11) is 1.75. The first-order chi connectivity index (χ1) is 9.60. The maximum atomic E-state index is 12.9. The van der Waals surface area contributed by atoms with Gasteiger partial charge in [0, 0.05) is 25.2 Å². The minimum absolute atomic E-state index is 0.152. The van der Waals surface area contributed by atoms with Crippen LogP contribution in [0.4, 0.5) is 14.2 Å². The fourth-order valence-corrected chi connectivity index (χ4v) is 2.38. The summed E-state index contributed by atoms with van der Waals surface area (Å²) in [5.74, 6) is -0.279. The number of rotatable bonds is 4. The fourth-order valence-electron chi connectivity index (χ4n) is 1.73. The Balaban J connectivity index is 2.05. The highest BCUT2D eigenvalue weighted by Crippen LogP contribution is 2.25. The molecule has 0 aliphatic heterocycles. The summed E-state index contributed by atoms with van der Waals surface area (Å²) >= 11 is 1.21. The van der Waals surface area contributed by atoms with Crippen molar-refractivity contribution in [2.45, 2.75) is 13.3 Å². The second-order valence-electron chi connectivity index (χ2n) is 4.44. The molecule has 1 aromatic carbocycles. The highest BCUT2D eigenvalue weighted by molar-refractivity contribution is 7.10. The molecule has 0 spiro atoms. The number of urea groups is 1. The summed E-state index contributed by atoms with van der Waals surface area (Å²) in [6.07, 6.45) is 0.910. The van der Waals surface area contributed by atoms with Crippen LogP contribution in [-0.2, 0) is 0 Å². The summed E-state index contributed by atoms with van der Waals surface area (Å²) in [6, 6.07) is 7.75.